The summed E-state index contributed by atoms with van der Waals surface area (Å²) in [5.74, 6) is -0.203. The molecule has 0 saturated heterocycles. The maximum Gasteiger partial charge on any atom is 0.295 e. The summed E-state index contributed by atoms with van der Waals surface area (Å²) in [6.07, 6.45) is 4.74. The van der Waals surface area contributed by atoms with Crippen LogP contribution in [-0.4, -0.2) is 29.1 Å². The maximum atomic E-state index is 11.9. The Morgan fingerprint density at radius 2 is 2.35 bits per heavy atom. The summed E-state index contributed by atoms with van der Waals surface area (Å²) in [5, 5.41) is 5.04. The Bertz CT molecular complexity index is 639. The molecule has 20 heavy (non-hydrogen) atoms. The van der Waals surface area contributed by atoms with Crippen LogP contribution in [0, 0.1) is 0 Å². The summed E-state index contributed by atoms with van der Waals surface area (Å²) in [5.41, 5.74) is 1.67. The van der Waals surface area contributed by atoms with Crippen LogP contribution < -0.4 is 5.32 Å². The molecule has 0 saturated carbocycles. The molecular formula is C13H11N3O3S. The normalized spacial score (nSPS) is 13.9. The number of hydrogen-bond acceptors (Lipinski definition) is 6. The quantitative estimate of drug-likeness (QED) is 0.936. The van der Waals surface area contributed by atoms with Gasteiger partial charge in [-0.15, -0.1) is 11.3 Å². The van der Waals surface area contributed by atoms with Crippen molar-refractivity contribution in [3.63, 3.8) is 0 Å². The molecule has 3 heterocycles. The summed E-state index contributed by atoms with van der Waals surface area (Å²) in [6, 6.07) is 3.75. The van der Waals surface area contributed by atoms with Gasteiger partial charge in [0, 0.05) is 23.3 Å². The molecule has 7 heteroatoms. The molecule has 0 atom stereocenters. The van der Waals surface area contributed by atoms with E-state index in [1.54, 1.807) is 12.4 Å². The lowest BCUT2D eigenvalue weighted by Crippen LogP contribution is -2.21. The standard InChI is InChI=1S/C13H11N3O3S/c17-12(11-7-18-4-5-19-11)16-13-15-10(8-20-13)9-2-1-3-14-6-9/h1-3,6-8H,4-5H2,(H,15,16,17). The number of rotatable bonds is 3. The van der Waals surface area contributed by atoms with Crippen molar-refractivity contribution < 1.29 is 14.3 Å². The average Bonchev–Trinajstić information content (AvgIpc) is 2.97. The zero-order chi connectivity index (χ0) is 13.8. The number of nitrogens with one attached hydrogen (secondary N) is 1. The number of hydrogen-bond donors (Lipinski definition) is 1. The lowest BCUT2D eigenvalue weighted by Gasteiger charge is -2.14. The molecule has 3 rings (SSSR count). The molecule has 1 amide bonds. The van der Waals surface area contributed by atoms with Gasteiger partial charge in [-0.3, -0.25) is 15.1 Å². The molecule has 6 nitrogen and oxygen atoms in total. The van der Waals surface area contributed by atoms with Crippen molar-refractivity contribution in [3.05, 3.63) is 41.9 Å². The van der Waals surface area contributed by atoms with Crippen molar-refractivity contribution in [1.82, 2.24) is 9.97 Å². The molecule has 0 unspecified atom stereocenters. The molecule has 0 radical (unpaired) electrons. The van der Waals surface area contributed by atoms with Crippen molar-refractivity contribution in [1.29, 1.82) is 0 Å². The van der Waals surface area contributed by atoms with Gasteiger partial charge in [-0.25, -0.2) is 4.98 Å². The van der Waals surface area contributed by atoms with E-state index < -0.39 is 0 Å². The van der Waals surface area contributed by atoms with Gasteiger partial charge in [-0.05, 0) is 12.1 Å². The molecule has 0 aliphatic carbocycles. The number of pyridine rings is 1. The van der Waals surface area contributed by atoms with E-state index in [1.807, 2.05) is 17.5 Å². The van der Waals surface area contributed by atoms with Crippen LogP contribution in [-0.2, 0) is 14.3 Å². The third kappa shape index (κ3) is 2.77. The zero-order valence-electron chi connectivity index (χ0n) is 10.4. The highest BCUT2D eigenvalue weighted by Gasteiger charge is 2.16. The number of ether oxygens (including phenoxy) is 2. The second-order valence-electron chi connectivity index (χ2n) is 3.94. The van der Waals surface area contributed by atoms with Crippen molar-refractivity contribution in [2.24, 2.45) is 0 Å². The molecule has 0 aromatic carbocycles. The van der Waals surface area contributed by atoms with E-state index in [1.165, 1.54) is 17.6 Å². The summed E-state index contributed by atoms with van der Waals surface area (Å²) in [4.78, 5) is 20.3. The first-order valence-corrected chi connectivity index (χ1v) is 6.83. The van der Waals surface area contributed by atoms with Gasteiger partial charge in [0.1, 0.15) is 19.5 Å². The van der Waals surface area contributed by atoms with E-state index in [0.29, 0.717) is 18.3 Å². The van der Waals surface area contributed by atoms with E-state index in [0.717, 1.165) is 11.3 Å². The highest BCUT2D eigenvalue weighted by atomic mass is 32.1. The van der Waals surface area contributed by atoms with E-state index in [2.05, 4.69) is 15.3 Å². The van der Waals surface area contributed by atoms with Gasteiger partial charge in [0.2, 0.25) is 5.76 Å². The van der Waals surface area contributed by atoms with Gasteiger partial charge in [0.25, 0.3) is 5.91 Å². The predicted octanol–water partition coefficient (Wildman–Crippen LogP) is 2.03. The highest BCUT2D eigenvalue weighted by molar-refractivity contribution is 7.14. The molecular weight excluding hydrogens is 278 g/mol. The molecule has 102 valence electrons. The highest BCUT2D eigenvalue weighted by Crippen LogP contribution is 2.24. The molecule has 0 bridgehead atoms. The summed E-state index contributed by atoms with van der Waals surface area (Å²) in [6.45, 7) is 0.831. The fraction of sp³-hybridized carbons (Fsp3) is 0.154. The van der Waals surface area contributed by atoms with Gasteiger partial charge < -0.3 is 9.47 Å². The monoisotopic (exact) mass is 289 g/mol. The number of carbonyl (C=O) groups is 1. The Morgan fingerprint density at radius 3 is 3.10 bits per heavy atom. The number of anilines is 1. The van der Waals surface area contributed by atoms with Crippen LogP contribution in [0.25, 0.3) is 11.3 Å². The Labute approximate surface area is 119 Å². The first-order valence-electron chi connectivity index (χ1n) is 5.95. The van der Waals surface area contributed by atoms with Gasteiger partial charge in [0.15, 0.2) is 5.13 Å². The smallest absolute Gasteiger partial charge is 0.295 e. The molecule has 2 aromatic heterocycles. The fourth-order valence-corrected chi connectivity index (χ4v) is 2.34. The van der Waals surface area contributed by atoms with E-state index in [4.69, 9.17) is 9.47 Å². The number of amides is 1. The molecule has 1 aliphatic heterocycles. The summed E-state index contributed by atoms with van der Waals surface area (Å²) in [7, 11) is 0. The van der Waals surface area contributed by atoms with Gasteiger partial charge in [0.05, 0.1) is 5.69 Å². The third-order valence-corrected chi connectivity index (χ3v) is 3.31. The minimum absolute atomic E-state index is 0.161. The predicted molar refractivity (Wildman–Crippen MR) is 74.0 cm³/mol. The number of aromatic nitrogens is 2. The summed E-state index contributed by atoms with van der Waals surface area (Å²) < 4.78 is 10.2. The number of thiazole rings is 1. The molecule has 0 spiro atoms. The number of carbonyl (C=O) groups excluding carboxylic acids is 1. The van der Waals surface area contributed by atoms with Crippen LogP contribution in [0.5, 0.6) is 0 Å². The fourth-order valence-electron chi connectivity index (χ4n) is 1.62. The Kier molecular flexibility index (Phi) is 3.60. The van der Waals surface area contributed by atoms with Crippen LogP contribution in [0.1, 0.15) is 0 Å². The van der Waals surface area contributed by atoms with Crippen LogP contribution in [0.15, 0.2) is 41.9 Å². The number of nitrogens with zero attached hydrogens (tertiary/aromatic N) is 2. The second kappa shape index (κ2) is 5.70. The van der Waals surface area contributed by atoms with Crippen LogP contribution in [0.2, 0.25) is 0 Å². The first kappa shape index (κ1) is 12.6. The van der Waals surface area contributed by atoms with E-state index >= 15 is 0 Å². The lowest BCUT2D eigenvalue weighted by molar-refractivity contribution is -0.117. The molecule has 1 aliphatic rings. The topological polar surface area (TPSA) is 73.3 Å². The minimum Gasteiger partial charge on any atom is -0.494 e. The molecule has 0 fully saturated rings. The van der Waals surface area contributed by atoms with Gasteiger partial charge in [-0.2, -0.15) is 0 Å². The van der Waals surface area contributed by atoms with Crippen LogP contribution in [0.4, 0.5) is 5.13 Å². The SMILES string of the molecule is O=C(Nc1nc(-c2cccnc2)cs1)C1=COCCO1. The maximum absolute atomic E-state index is 11.9. The summed E-state index contributed by atoms with van der Waals surface area (Å²) >= 11 is 1.34. The Balaban J connectivity index is 1.71. The van der Waals surface area contributed by atoms with Gasteiger partial charge >= 0.3 is 0 Å². The molecule has 2 aromatic rings. The zero-order valence-corrected chi connectivity index (χ0v) is 11.2. The van der Waals surface area contributed by atoms with Crippen LogP contribution in [0.3, 0.4) is 0 Å². The van der Waals surface area contributed by atoms with E-state index in [9.17, 15) is 4.79 Å². The first-order chi connectivity index (χ1) is 9.83. The van der Waals surface area contributed by atoms with Crippen molar-refractivity contribution in [2.45, 2.75) is 0 Å². The largest absolute Gasteiger partial charge is 0.494 e. The average molecular weight is 289 g/mol. The van der Waals surface area contributed by atoms with Crippen molar-refractivity contribution in [3.8, 4) is 11.3 Å². The van der Waals surface area contributed by atoms with Crippen molar-refractivity contribution >= 4 is 22.4 Å². The Hall–Kier alpha value is -2.41. The third-order valence-electron chi connectivity index (χ3n) is 2.55. The van der Waals surface area contributed by atoms with Gasteiger partial charge in [-0.1, -0.05) is 0 Å². The lowest BCUT2D eigenvalue weighted by atomic mass is 10.2. The molecule has 1 N–H and O–H groups in total. The van der Waals surface area contributed by atoms with Crippen LogP contribution >= 0.6 is 11.3 Å². The Morgan fingerprint density at radius 1 is 1.40 bits per heavy atom. The van der Waals surface area contributed by atoms with E-state index in [-0.39, 0.29) is 11.7 Å². The van der Waals surface area contributed by atoms with Crippen molar-refractivity contribution in [2.75, 3.05) is 18.5 Å². The minimum atomic E-state index is -0.364. The second-order valence-corrected chi connectivity index (χ2v) is 4.79.